The average molecular weight is 316 g/mol. The van der Waals surface area contributed by atoms with E-state index < -0.39 is 11.9 Å². The van der Waals surface area contributed by atoms with Crippen LogP contribution < -0.4 is 0 Å². The maximum Gasteiger partial charge on any atom is 0.306 e. The molecule has 1 aromatic rings. The van der Waals surface area contributed by atoms with E-state index in [0.29, 0.717) is 35.1 Å². The Balaban J connectivity index is 2.15. The van der Waals surface area contributed by atoms with Crippen LogP contribution in [0.1, 0.15) is 23.7 Å². The summed E-state index contributed by atoms with van der Waals surface area (Å²) >= 11 is 11.9. The lowest BCUT2D eigenvalue weighted by molar-refractivity contribution is -0.145. The van der Waals surface area contributed by atoms with Crippen LogP contribution >= 0.6 is 23.2 Å². The Morgan fingerprint density at radius 3 is 2.65 bits per heavy atom. The van der Waals surface area contributed by atoms with Gasteiger partial charge in [-0.25, -0.2) is 0 Å². The fraction of sp³-hybridized carbons (Fsp3) is 0.429. The minimum Gasteiger partial charge on any atom is -0.481 e. The minimum atomic E-state index is -0.801. The van der Waals surface area contributed by atoms with Crippen LogP contribution in [0.15, 0.2) is 18.2 Å². The smallest absolute Gasteiger partial charge is 0.306 e. The van der Waals surface area contributed by atoms with Crippen molar-refractivity contribution < 1.29 is 14.7 Å². The molecule has 0 radical (unpaired) electrons. The molecule has 4 nitrogen and oxygen atoms in total. The maximum absolute atomic E-state index is 12.4. The van der Waals surface area contributed by atoms with Crippen LogP contribution in [0, 0.1) is 11.8 Å². The summed E-state index contributed by atoms with van der Waals surface area (Å²) in [5.41, 5.74) is 0.361. The number of rotatable bonds is 2. The Labute approximate surface area is 127 Å². The Hall–Kier alpha value is -1.26. The SMILES string of the molecule is CC1CN(C(=O)c2cc(Cl)ccc2Cl)CCC1C(=O)O. The highest BCUT2D eigenvalue weighted by Gasteiger charge is 2.33. The molecule has 2 atom stereocenters. The number of piperidine rings is 1. The van der Waals surface area contributed by atoms with Crippen molar-refractivity contribution in [2.45, 2.75) is 13.3 Å². The number of carbonyl (C=O) groups excluding carboxylic acids is 1. The standard InChI is InChI=1S/C14H15Cl2NO3/c1-8-7-17(5-4-10(8)14(19)20)13(18)11-6-9(15)2-3-12(11)16/h2-3,6,8,10H,4-5,7H2,1H3,(H,19,20). The van der Waals surface area contributed by atoms with Crippen molar-refractivity contribution >= 4 is 35.1 Å². The monoisotopic (exact) mass is 315 g/mol. The third-order valence-electron chi connectivity index (χ3n) is 3.67. The van der Waals surface area contributed by atoms with E-state index in [1.165, 1.54) is 0 Å². The van der Waals surface area contributed by atoms with E-state index in [4.69, 9.17) is 28.3 Å². The minimum absolute atomic E-state index is 0.0804. The number of nitrogens with zero attached hydrogens (tertiary/aromatic N) is 1. The van der Waals surface area contributed by atoms with Crippen LogP contribution in [-0.4, -0.2) is 35.0 Å². The van der Waals surface area contributed by atoms with Gasteiger partial charge in [-0.3, -0.25) is 9.59 Å². The Kier molecular flexibility index (Phi) is 4.55. The summed E-state index contributed by atoms with van der Waals surface area (Å²) in [6.07, 6.45) is 0.459. The fourth-order valence-corrected chi connectivity index (χ4v) is 2.90. The summed E-state index contributed by atoms with van der Waals surface area (Å²) in [5, 5.41) is 9.89. The number of carboxylic acids is 1. The van der Waals surface area contributed by atoms with Gasteiger partial charge < -0.3 is 10.0 Å². The zero-order chi connectivity index (χ0) is 14.9. The molecular formula is C14H15Cl2NO3. The number of aliphatic carboxylic acids is 1. The summed E-state index contributed by atoms with van der Waals surface area (Å²) in [6.45, 7) is 2.68. The molecule has 2 unspecified atom stereocenters. The molecule has 1 fully saturated rings. The van der Waals surface area contributed by atoms with Crippen molar-refractivity contribution in [1.29, 1.82) is 0 Å². The van der Waals surface area contributed by atoms with E-state index >= 15 is 0 Å². The summed E-state index contributed by atoms with van der Waals surface area (Å²) in [4.78, 5) is 25.1. The maximum atomic E-state index is 12.4. The molecule has 2 rings (SSSR count). The lowest BCUT2D eigenvalue weighted by Gasteiger charge is -2.35. The van der Waals surface area contributed by atoms with Gasteiger partial charge in [0.1, 0.15) is 0 Å². The molecule has 1 aromatic carbocycles. The molecule has 0 aromatic heterocycles. The number of carbonyl (C=O) groups is 2. The molecule has 1 N–H and O–H groups in total. The lowest BCUT2D eigenvalue weighted by atomic mass is 9.87. The van der Waals surface area contributed by atoms with Crippen LogP contribution in [0.3, 0.4) is 0 Å². The van der Waals surface area contributed by atoms with Crippen molar-refractivity contribution in [2.75, 3.05) is 13.1 Å². The summed E-state index contributed by atoms with van der Waals surface area (Å²) in [7, 11) is 0. The molecule has 0 aliphatic carbocycles. The lowest BCUT2D eigenvalue weighted by Crippen LogP contribution is -2.45. The predicted octanol–water partition coefficient (Wildman–Crippen LogP) is 3.18. The molecule has 1 amide bonds. The largest absolute Gasteiger partial charge is 0.481 e. The molecular weight excluding hydrogens is 301 g/mol. The highest BCUT2D eigenvalue weighted by molar-refractivity contribution is 6.35. The van der Waals surface area contributed by atoms with Gasteiger partial charge in [0.2, 0.25) is 0 Å². The first-order valence-corrected chi connectivity index (χ1v) is 7.13. The van der Waals surface area contributed by atoms with Crippen LogP contribution in [0.25, 0.3) is 0 Å². The van der Waals surface area contributed by atoms with Crippen molar-refractivity contribution in [1.82, 2.24) is 4.90 Å². The molecule has 108 valence electrons. The van der Waals surface area contributed by atoms with Gasteiger partial charge in [0, 0.05) is 18.1 Å². The Morgan fingerprint density at radius 2 is 2.05 bits per heavy atom. The third-order valence-corrected chi connectivity index (χ3v) is 4.23. The zero-order valence-corrected chi connectivity index (χ0v) is 12.5. The summed E-state index contributed by atoms with van der Waals surface area (Å²) < 4.78 is 0. The molecule has 20 heavy (non-hydrogen) atoms. The van der Waals surface area contributed by atoms with E-state index in [0.717, 1.165) is 0 Å². The summed E-state index contributed by atoms with van der Waals surface area (Å²) in [6, 6.07) is 4.75. The van der Waals surface area contributed by atoms with Gasteiger partial charge in [-0.05, 0) is 30.5 Å². The highest BCUT2D eigenvalue weighted by atomic mass is 35.5. The van der Waals surface area contributed by atoms with Crippen molar-refractivity contribution in [2.24, 2.45) is 11.8 Å². The number of hydrogen-bond acceptors (Lipinski definition) is 2. The first-order chi connectivity index (χ1) is 9.40. The van der Waals surface area contributed by atoms with Gasteiger partial charge in [-0.15, -0.1) is 0 Å². The van der Waals surface area contributed by atoms with Gasteiger partial charge in [0.05, 0.1) is 16.5 Å². The molecule has 1 aliphatic heterocycles. The average Bonchev–Trinajstić information content (AvgIpc) is 2.40. The van der Waals surface area contributed by atoms with E-state index in [9.17, 15) is 9.59 Å². The van der Waals surface area contributed by atoms with E-state index in [1.54, 1.807) is 23.1 Å². The van der Waals surface area contributed by atoms with Crippen molar-refractivity contribution in [3.8, 4) is 0 Å². The topological polar surface area (TPSA) is 57.6 Å². The predicted molar refractivity (Wildman–Crippen MR) is 77.3 cm³/mol. The van der Waals surface area contributed by atoms with Crippen LogP contribution in [0.4, 0.5) is 0 Å². The number of likely N-dealkylation sites (tertiary alicyclic amines) is 1. The third kappa shape index (κ3) is 3.07. The molecule has 1 heterocycles. The molecule has 0 saturated carbocycles. The van der Waals surface area contributed by atoms with E-state index in [-0.39, 0.29) is 11.8 Å². The van der Waals surface area contributed by atoms with Gasteiger partial charge in [0.15, 0.2) is 0 Å². The van der Waals surface area contributed by atoms with Crippen LogP contribution in [0.5, 0.6) is 0 Å². The van der Waals surface area contributed by atoms with Crippen molar-refractivity contribution in [3.63, 3.8) is 0 Å². The number of hydrogen-bond donors (Lipinski definition) is 1. The number of carboxylic acid groups (broad SMARTS) is 1. The first kappa shape index (κ1) is 15.1. The Bertz CT molecular complexity index is 547. The van der Waals surface area contributed by atoms with Gasteiger partial charge in [-0.1, -0.05) is 30.1 Å². The highest BCUT2D eigenvalue weighted by Crippen LogP contribution is 2.27. The van der Waals surface area contributed by atoms with Crippen LogP contribution in [-0.2, 0) is 4.79 Å². The zero-order valence-electron chi connectivity index (χ0n) is 11.0. The normalized spacial score (nSPS) is 22.6. The fourth-order valence-electron chi connectivity index (χ4n) is 2.53. The number of amides is 1. The number of benzene rings is 1. The molecule has 0 bridgehead atoms. The molecule has 1 aliphatic rings. The quantitative estimate of drug-likeness (QED) is 0.912. The second-order valence-electron chi connectivity index (χ2n) is 5.09. The Morgan fingerprint density at radius 1 is 1.35 bits per heavy atom. The van der Waals surface area contributed by atoms with Crippen molar-refractivity contribution in [3.05, 3.63) is 33.8 Å². The molecule has 0 spiro atoms. The first-order valence-electron chi connectivity index (χ1n) is 6.37. The summed E-state index contributed by atoms with van der Waals surface area (Å²) in [5.74, 6) is -1.48. The van der Waals surface area contributed by atoms with Gasteiger partial charge in [-0.2, -0.15) is 0 Å². The van der Waals surface area contributed by atoms with Crippen LogP contribution in [0.2, 0.25) is 10.0 Å². The second-order valence-corrected chi connectivity index (χ2v) is 5.93. The van der Waals surface area contributed by atoms with E-state index in [1.807, 2.05) is 6.92 Å². The van der Waals surface area contributed by atoms with E-state index in [2.05, 4.69) is 0 Å². The molecule has 1 saturated heterocycles. The number of halogens is 2. The molecule has 6 heteroatoms. The van der Waals surface area contributed by atoms with Gasteiger partial charge >= 0.3 is 5.97 Å². The second kappa shape index (κ2) is 6.02. The van der Waals surface area contributed by atoms with Gasteiger partial charge in [0.25, 0.3) is 5.91 Å².